The highest BCUT2D eigenvalue weighted by molar-refractivity contribution is 6.29. The van der Waals surface area contributed by atoms with Gasteiger partial charge in [-0.15, -0.1) is 0 Å². The molecule has 29 heavy (non-hydrogen) atoms. The maximum Gasteiger partial charge on any atom is 0.338 e. The minimum atomic E-state index is -0.337. The number of amides is 3. The van der Waals surface area contributed by atoms with Crippen molar-refractivity contribution in [2.45, 2.75) is 32.9 Å². The number of aromatic nitrogens is 1. The summed E-state index contributed by atoms with van der Waals surface area (Å²) in [5.74, 6) is -0.0855. The SMILES string of the molecule is CC(=O)N(C)[C@H]1CN(C(=O)NC(C)c2ccc(Cl)nc2)N=C1c1ccc(C)cc1. The lowest BCUT2D eigenvalue weighted by molar-refractivity contribution is -0.128. The maximum absolute atomic E-state index is 12.8. The fourth-order valence-corrected chi connectivity index (χ4v) is 3.21. The number of likely N-dealkylation sites (N-methyl/N-ethyl adjacent to an activating group) is 1. The Balaban J connectivity index is 1.81. The van der Waals surface area contributed by atoms with E-state index in [9.17, 15) is 9.59 Å². The van der Waals surface area contributed by atoms with Crippen LogP contribution in [-0.4, -0.2) is 52.2 Å². The standard InChI is InChI=1S/C21H24ClN5O2/c1-13-5-7-16(8-6-13)20-18(26(4)15(3)28)12-27(25-20)21(29)24-14(2)17-9-10-19(22)23-11-17/h5-11,14,18H,12H2,1-4H3,(H,24,29)/t14?,18-/m0/s1. The number of halogens is 1. The van der Waals surface area contributed by atoms with Gasteiger partial charge < -0.3 is 10.2 Å². The van der Waals surface area contributed by atoms with Crippen molar-refractivity contribution in [2.75, 3.05) is 13.6 Å². The summed E-state index contributed by atoms with van der Waals surface area (Å²) < 4.78 is 0. The van der Waals surface area contributed by atoms with E-state index in [-0.39, 0.29) is 30.6 Å². The number of rotatable bonds is 4. The van der Waals surface area contributed by atoms with Gasteiger partial charge in [0.05, 0.1) is 24.3 Å². The highest BCUT2D eigenvalue weighted by atomic mass is 35.5. The molecule has 2 heterocycles. The van der Waals surface area contributed by atoms with Crippen LogP contribution in [0.5, 0.6) is 0 Å². The number of carbonyl (C=O) groups excluding carboxylic acids is 2. The summed E-state index contributed by atoms with van der Waals surface area (Å²) >= 11 is 5.82. The topological polar surface area (TPSA) is 77.9 Å². The van der Waals surface area contributed by atoms with Crippen LogP contribution in [-0.2, 0) is 4.79 Å². The van der Waals surface area contributed by atoms with Gasteiger partial charge in [-0.25, -0.2) is 14.8 Å². The lowest BCUT2D eigenvalue weighted by atomic mass is 10.0. The Labute approximate surface area is 175 Å². The van der Waals surface area contributed by atoms with E-state index in [1.807, 2.05) is 44.2 Å². The molecular weight excluding hydrogens is 390 g/mol. The minimum absolute atomic E-state index is 0.0855. The molecule has 1 aromatic heterocycles. The number of benzene rings is 1. The van der Waals surface area contributed by atoms with E-state index < -0.39 is 0 Å². The molecule has 0 fully saturated rings. The van der Waals surface area contributed by atoms with Crippen molar-refractivity contribution in [1.29, 1.82) is 0 Å². The Bertz CT molecular complexity index is 927. The molecule has 2 aromatic rings. The lowest BCUT2D eigenvalue weighted by Crippen LogP contribution is -2.45. The summed E-state index contributed by atoms with van der Waals surface area (Å²) in [6, 6.07) is 10.5. The molecule has 1 N–H and O–H groups in total. The zero-order valence-corrected chi connectivity index (χ0v) is 17.6. The molecule has 7 nitrogen and oxygen atoms in total. The van der Waals surface area contributed by atoms with Gasteiger partial charge in [0, 0.05) is 20.2 Å². The van der Waals surface area contributed by atoms with Crippen molar-refractivity contribution in [3.8, 4) is 0 Å². The predicted octanol–water partition coefficient (Wildman–Crippen LogP) is 3.38. The molecule has 0 saturated carbocycles. The molecule has 0 radical (unpaired) electrons. The number of pyridine rings is 1. The van der Waals surface area contributed by atoms with Gasteiger partial charge in [-0.1, -0.05) is 47.5 Å². The first kappa shape index (κ1) is 20.8. The first-order valence-electron chi connectivity index (χ1n) is 9.34. The fraction of sp³-hybridized carbons (Fsp3) is 0.333. The summed E-state index contributed by atoms with van der Waals surface area (Å²) in [6.07, 6.45) is 1.63. The van der Waals surface area contributed by atoms with E-state index in [1.54, 1.807) is 24.2 Å². The number of hydrazone groups is 1. The normalized spacial score (nSPS) is 16.9. The van der Waals surface area contributed by atoms with Gasteiger partial charge >= 0.3 is 6.03 Å². The third kappa shape index (κ3) is 4.74. The molecule has 0 saturated heterocycles. The molecule has 3 rings (SSSR count). The van der Waals surface area contributed by atoms with Crippen molar-refractivity contribution in [2.24, 2.45) is 5.10 Å². The fourth-order valence-electron chi connectivity index (χ4n) is 3.10. The summed E-state index contributed by atoms with van der Waals surface area (Å²) in [4.78, 5) is 30.4. The summed E-state index contributed by atoms with van der Waals surface area (Å²) in [5.41, 5.74) is 3.54. The van der Waals surface area contributed by atoms with Crippen LogP contribution in [0.15, 0.2) is 47.7 Å². The smallest absolute Gasteiger partial charge is 0.335 e. The summed E-state index contributed by atoms with van der Waals surface area (Å²) in [5, 5.41) is 9.23. The van der Waals surface area contributed by atoms with Crippen LogP contribution in [0.3, 0.4) is 0 Å². The highest BCUT2D eigenvalue weighted by Crippen LogP contribution is 2.20. The van der Waals surface area contributed by atoms with Crippen molar-refractivity contribution >= 4 is 29.3 Å². The highest BCUT2D eigenvalue weighted by Gasteiger charge is 2.35. The zero-order valence-electron chi connectivity index (χ0n) is 16.9. The average molecular weight is 414 g/mol. The molecule has 3 amide bonds. The number of nitrogens with zero attached hydrogens (tertiary/aromatic N) is 4. The number of hydrogen-bond acceptors (Lipinski definition) is 4. The van der Waals surface area contributed by atoms with E-state index in [0.717, 1.165) is 16.7 Å². The summed E-state index contributed by atoms with van der Waals surface area (Å²) in [6.45, 7) is 5.66. The van der Waals surface area contributed by atoms with Crippen LogP contribution in [0.1, 0.15) is 36.6 Å². The quantitative estimate of drug-likeness (QED) is 0.780. The van der Waals surface area contributed by atoms with Gasteiger partial charge in [-0.05, 0) is 31.0 Å². The lowest BCUT2D eigenvalue weighted by Gasteiger charge is -2.25. The van der Waals surface area contributed by atoms with Crippen LogP contribution < -0.4 is 5.32 Å². The minimum Gasteiger partial charge on any atom is -0.335 e. The molecular formula is C21H24ClN5O2. The Morgan fingerprint density at radius 3 is 2.52 bits per heavy atom. The van der Waals surface area contributed by atoms with E-state index in [0.29, 0.717) is 10.9 Å². The number of aryl methyl sites for hydroxylation is 1. The van der Waals surface area contributed by atoms with Crippen LogP contribution in [0.2, 0.25) is 5.15 Å². The van der Waals surface area contributed by atoms with Crippen molar-refractivity contribution in [1.82, 2.24) is 20.2 Å². The predicted molar refractivity (Wildman–Crippen MR) is 113 cm³/mol. The molecule has 8 heteroatoms. The van der Waals surface area contributed by atoms with Crippen LogP contribution in [0, 0.1) is 6.92 Å². The first-order chi connectivity index (χ1) is 13.8. The zero-order chi connectivity index (χ0) is 21.1. The van der Waals surface area contributed by atoms with Gasteiger partial charge in [-0.3, -0.25) is 4.79 Å². The third-order valence-corrected chi connectivity index (χ3v) is 5.25. The van der Waals surface area contributed by atoms with Crippen LogP contribution >= 0.6 is 11.6 Å². The van der Waals surface area contributed by atoms with Gasteiger partial charge in [0.1, 0.15) is 5.15 Å². The number of urea groups is 1. The average Bonchev–Trinajstić information content (AvgIpc) is 3.13. The largest absolute Gasteiger partial charge is 0.338 e. The Hall–Kier alpha value is -2.93. The van der Waals surface area contributed by atoms with E-state index >= 15 is 0 Å². The van der Waals surface area contributed by atoms with Gasteiger partial charge in [0.15, 0.2) is 0 Å². The summed E-state index contributed by atoms with van der Waals surface area (Å²) in [7, 11) is 1.72. The first-order valence-corrected chi connectivity index (χ1v) is 9.72. The molecule has 1 unspecified atom stereocenters. The molecule has 0 spiro atoms. The van der Waals surface area contributed by atoms with E-state index in [4.69, 9.17) is 11.6 Å². The molecule has 0 bridgehead atoms. The number of nitrogens with one attached hydrogen (secondary N) is 1. The third-order valence-electron chi connectivity index (χ3n) is 5.03. The van der Waals surface area contributed by atoms with Gasteiger partial charge in [-0.2, -0.15) is 5.10 Å². The second-order valence-electron chi connectivity index (χ2n) is 7.16. The maximum atomic E-state index is 12.8. The van der Waals surface area contributed by atoms with E-state index in [2.05, 4.69) is 15.4 Å². The Morgan fingerprint density at radius 1 is 1.24 bits per heavy atom. The van der Waals surface area contributed by atoms with Crippen molar-refractivity contribution in [3.05, 3.63) is 64.4 Å². The number of carbonyl (C=O) groups is 2. The van der Waals surface area contributed by atoms with Gasteiger partial charge in [0.2, 0.25) is 5.91 Å². The van der Waals surface area contributed by atoms with E-state index in [1.165, 1.54) is 11.9 Å². The monoisotopic (exact) mass is 413 g/mol. The molecule has 152 valence electrons. The molecule has 1 aliphatic heterocycles. The van der Waals surface area contributed by atoms with Gasteiger partial charge in [0.25, 0.3) is 0 Å². The Kier molecular flexibility index (Phi) is 6.17. The number of hydrogen-bond donors (Lipinski definition) is 1. The molecule has 1 aliphatic rings. The second-order valence-corrected chi connectivity index (χ2v) is 7.55. The van der Waals surface area contributed by atoms with Crippen LogP contribution in [0.4, 0.5) is 4.79 Å². The van der Waals surface area contributed by atoms with Crippen LogP contribution in [0.25, 0.3) is 0 Å². The molecule has 2 atom stereocenters. The molecule has 1 aromatic carbocycles. The van der Waals surface area contributed by atoms with Crippen molar-refractivity contribution < 1.29 is 9.59 Å². The Morgan fingerprint density at radius 2 is 1.93 bits per heavy atom. The second kappa shape index (κ2) is 8.61. The molecule has 0 aliphatic carbocycles. The van der Waals surface area contributed by atoms with Crippen molar-refractivity contribution in [3.63, 3.8) is 0 Å².